The predicted octanol–water partition coefficient (Wildman–Crippen LogP) is 3.95. The van der Waals surface area contributed by atoms with E-state index in [0.717, 1.165) is 12.8 Å². The van der Waals surface area contributed by atoms with Crippen LogP contribution in [0.25, 0.3) is 0 Å². The Labute approximate surface area is 70.2 Å². The first-order valence-electron chi connectivity index (χ1n) is 4.62. The average molecular weight is 160 g/mol. The lowest BCUT2D eigenvalue weighted by atomic mass is 9.70. The summed E-state index contributed by atoms with van der Waals surface area (Å²) in [5.74, 6) is 0. The molecule has 0 fully saturated rings. The third kappa shape index (κ3) is 1.94. The highest BCUT2D eigenvalue weighted by molar-refractivity contribution is 4.90. The van der Waals surface area contributed by atoms with Crippen molar-refractivity contribution in [3.8, 4) is 0 Å². The van der Waals surface area contributed by atoms with Gasteiger partial charge in [0.2, 0.25) is 0 Å². The summed E-state index contributed by atoms with van der Waals surface area (Å²) in [7, 11) is 0. The Morgan fingerprint density at radius 1 is 0.909 bits per heavy atom. The van der Waals surface area contributed by atoms with Gasteiger partial charge in [-0.1, -0.05) is 27.7 Å². The molecule has 1 atom stereocenters. The van der Waals surface area contributed by atoms with Gasteiger partial charge in [-0.05, 0) is 26.2 Å². The number of alkyl halides is 1. The van der Waals surface area contributed by atoms with Gasteiger partial charge in [-0.15, -0.1) is 0 Å². The van der Waals surface area contributed by atoms with Crippen LogP contribution in [0, 0.1) is 5.41 Å². The summed E-state index contributed by atoms with van der Waals surface area (Å²) in [6, 6.07) is 0. The molecule has 11 heavy (non-hydrogen) atoms. The summed E-state index contributed by atoms with van der Waals surface area (Å²) in [4.78, 5) is 0. The molecule has 0 aromatic carbocycles. The number of halogens is 1. The quantitative estimate of drug-likeness (QED) is 0.584. The Bertz CT molecular complexity index is 112. The van der Waals surface area contributed by atoms with Gasteiger partial charge in [0.05, 0.1) is 0 Å². The monoisotopic (exact) mass is 160 g/mol. The van der Waals surface area contributed by atoms with Crippen molar-refractivity contribution in [1.82, 2.24) is 0 Å². The van der Waals surface area contributed by atoms with Gasteiger partial charge < -0.3 is 0 Å². The van der Waals surface area contributed by atoms with Crippen LogP contribution in [0.1, 0.15) is 53.9 Å². The van der Waals surface area contributed by atoms with Crippen molar-refractivity contribution in [2.24, 2.45) is 5.41 Å². The summed E-state index contributed by atoms with van der Waals surface area (Å²) in [5, 5.41) is 0. The Hall–Kier alpha value is -0.0700. The largest absolute Gasteiger partial charge is 0.244 e. The molecule has 0 spiro atoms. The fraction of sp³-hybridized carbons (Fsp3) is 1.00. The van der Waals surface area contributed by atoms with Crippen molar-refractivity contribution < 1.29 is 4.39 Å². The Balaban J connectivity index is 4.47. The molecule has 0 saturated heterocycles. The lowest BCUT2D eigenvalue weighted by Crippen LogP contribution is -2.38. The normalized spacial score (nSPS) is 18.0. The van der Waals surface area contributed by atoms with Gasteiger partial charge in [0.1, 0.15) is 5.67 Å². The van der Waals surface area contributed by atoms with E-state index in [4.69, 9.17) is 0 Å². The van der Waals surface area contributed by atoms with Crippen LogP contribution >= 0.6 is 0 Å². The van der Waals surface area contributed by atoms with Crippen LogP contribution < -0.4 is 0 Å². The third-order valence-electron chi connectivity index (χ3n) is 3.48. The molecule has 0 rings (SSSR count). The zero-order valence-electron chi connectivity index (χ0n) is 8.50. The molecule has 0 aliphatic carbocycles. The van der Waals surface area contributed by atoms with Crippen molar-refractivity contribution in [3.05, 3.63) is 0 Å². The minimum absolute atomic E-state index is 0.137. The van der Waals surface area contributed by atoms with Crippen LogP contribution in [0.15, 0.2) is 0 Å². The molecular formula is C10H21F. The molecule has 0 aromatic rings. The van der Waals surface area contributed by atoms with E-state index < -0.39 is 5.67 Å². The lowest BCUT2D eigenvalue weighted by molar-refractivity contribution is 0.00941. The van der Waals surface area contributed by atoms with E-state index in [1.54, 1.807) is 6.92 Å². The molecule has 0 aliphatic heterocycles. The van der Waals surface area contributed by atoms with Crippen molar-refractivity contribution in [2.45, 2.75) is 59.5 Å². The summed E-state index contributed by atoms with van der Waals surface area (Å²) >= 11 is 0. The first-order chi connectivity index (χ1) is 4.93. The first-order valence-corrected chi connectivity index (χ1v) is 4.62. The van der Waals surface area contributed by atoms with E-state index >= 15 is 0 Å². The van der Waals surface area contributed by atoms with Crippen LogP contribution in [0.4, 0.5) is 4.39 Å². The molecule has 0 bridgehead atoms. The van der Waals surface area contributed by atoms with Gasteiger partial charge in [-0.25, -0.2) is 4.39 Å². The minimum Gasteiger partial charge on any atom is -0.244 e. The van der Waals surface area contributed by atoms with Gasteiger partial charge in [0, 0.05) is 5.41 Å². The molecule has 0 N–H and O–H groups in total. The van der Waals surface area contributed by atoms with Gasteiger partial charge in [0.15, 0.2) is 0 Å². The fourth-order valence-electron chi connectivity index (χ4n) is 1.41. The molecule has 0 radical (unpaired) electrons. The highest BCUT2D eigenvalue weighted by Crippen LogP contribution is 2.42. The standard InChI is InChI=1S/C10H21F/c1-6-9(4,7-2)10(5,11)8-3/h6-8H2,1-5H3. The molecule has 0 heterocycles. The molecule has 0 saturated carbocycles. The Morgan fingerprint density at radius 2 is 1.27 bits per heavy atom. The lowest BCUT2D eigenvalue weighted by Gasteiger charge is -2.39. The van der Waals surface area contributed by atoms with E-state index in [1.165, 1.54) is 0 Å². The van der Waals surface area contributed by atoms with Gasteiger partial charge >= 0.3 is 0 Å². The van der Waals surface area contributed by atoms with E-state index in [0.29, 0.717) is 6.42 Å². The highest BCUT2D eigenvalue weighted by atomic mass is 19.1. The molecule has 0 aliphatic rings. The smallest absolute Gasteiger partial charge is 0.113 e. The molecule has 0 aromatic heterocycles. The zero-order valence-corrected chi connectivity index (χ0v) is 8.50. The van der Waals surface area contributed by atoms with Crippen LogP contribution in [-0.4, -0.2) is 5.67 Å². The van der Waals surface area contributed by atoms with Crippen LogP contribution in [0.2, 0.25) is 0 Å². The van der Waals surface area contributed by atoms with Gasteiger partial charge in [-0.2, -0.15) is 0 Å². The molecule has 1 unspecified atom stereocenters. The van der Waals surface area contributed by atoms with Gasteiger partial charge in [0.25, 0.3) is 0 Å². The zero-order chi connectivity index (χ0) is 9.12. The van der Waals surface area contributed by atoms with Crippen molar-refractivity contribution >= 4 is 0 Å². The maximum absolute atomic E-state index is 13.9. The van der Waals surface area contributed by atoms with Crippen molar-refractivity contribution in [1.29, 1.82) is 0 Å². The number of hydrogen-bond acceptors (Lipinski definition) is 0. The second-order valence-electron chi connectivity index (χ2n) is 3.82. The topological polar surface area (TPSA) is 0 Å². The molecular weight excluding hydrogens is 139 g/mol. The maximum atomic E-state index is 13.9. The average Bonchev–Trinajstić information content (AvgIpc) is 2.02. The summed E-state index contributed by atoms with van der Waals surface area (Å²) in [6.07, 6.45) is 2.46. The number of rotatable bonds is 4. The third-order valence-corrected chi connectivity index (χ3v) is 3.48. The molecule has 0 amide bonds. The second-order valence-corrected chi connectivity index (χ2v) is 3.82. The predicted molar refractivity (Wildman–Crippen MR) is 48.5 cm³/mol. The van der Waals surface area contributed by atoms with Crippen molar-refractivity contribution in [2.75, 3.05) is 0 Å². The van der Waals surface area contributed by atoms with Crippen LogP contribution in [0.3, 0.4) is 0 Å². The van der Waals surface area contributed by atoms with E-state index in [1.807, 2.05) is 13.8 Å². The van der Waals surface area contributed by atoms with Crippen LogP contribution in [0.5, 0.6) is 0 Å². The van der Waals surface area contributed by atoms with Crippen molar-refractivity contribution in [3.63, 3.8) is 0 Å². The SMILES string of the molecule is CCC(C)(F)C(C)(CC)CC. The Morgan fingerprint density at radius 3 is 1.36 bits per heavy atom. The van der Waals surface area contributed by atoms with Crippen LogP contribution in [-0.2, 0) is 0 Å². The summed E-state index contributed by atoms with van der Waals surface area (Å²) in [6.45, 7) is 9.81. The maximum Gasteiger partial charge on any atom is 0.113 e. The Kier molecular flexibility index (Phi) is 3.53. The van der Waals surface area contributed by atoms with E-state index in [9.17, 15) is 4.39 Å². The first kappa shape index (κ1) is 10.9. The highest BCUT2D eigenvalue weighted by Gasteiger charge is 2.40. The summed E-state index contributed by atoms with van der Waals surface area (Å²) < 4.78 is 13.9. The van der Waals surface area contributed by atoms with Gasteiger partial charge in [-0.3, -0.25) is 0 Å². The molecule has 68 valence electrons. The fourth-order valence-corrected chi connectivity index (χ4v) is 1.41. The second kappa shape index (κ2) is 3.55. The summed E-state index contributed by atoms with van der Waals surface area (Å²) in [5.41, 5.74) is -1.14. The van der Waals surface area contributed by atoms with E-state index in [-0.39, 0.29) is 5.41 Å². The van der Waals surface area contributed by atoms with E-state index in [2.05, 4.69) is 13.8 Å². The molecule has 1 heteroatoms. The minimum atomic E-state index is -1.00. The number of hydrogen-bond donors (Lipinski definition) is 0. The molecule has 0 nitrogen and oxygen atoms in total.